The minimum absolute atomic E-state index is 0.0468. The lowest BCUT2D eigenvalue weighted by molar-refractivity contribution is -0.116. The number of nitrogens with two attached hydrogens (primary N) is 2. The highest BCUT2D eigenvalue weighted by Crippen LogP contribution is 2.18. The first-order chi connectivity index (χ1) is 13.0. The number of anilines is 3. The second-order valence-corrected chi connectivity index (χ2v) is 6.28. The zero-order chi connectivity index (χ0) is 19.2. The van der Waals surface area contributed by atoms with Crippen LogP contribution in [0, 0.1) is 0 Å². The lowest BCUT2D eigenvalue weighted by Gasteiger charge is -2.08. The summed E-state index contributed by atoms with van der Waals surface area (Å²) in [4.78, 5) is 24.5. The number of hydrogen-bond donors (Lipinski definition) is 3. The molecule has 0 spiro atoms. The Hall–Kier alpha value is -3.60. The Kier molecular flexibility index (Phi) is 5.52. The number of rotatable bonds is 6. The third kappa shape index (κ3) is 4.73. The van der Waals surface area contributed by atoms with Gasteiger partial charge in [-0.1, -0.05) is 36.4 Å². The molecule has 3 rings (SSSR count). The molecular weight excluding hydrogens is 338 g/mol. The lowest BCUT2D eigenvalue weighted by atomic mass is 10.0. The van der Waals surface area contributed by atoms with Gasteiger partial charge in [-0.25, -0.2) is 0 Å². The second kappa shape index (κ2) is 8.19. The van der Waals surface area contributed by atoms with Crippen LogP contribution in [0.25, 0.3) is 0 Å². The van der Waals surface area contributed by atoms with Crippen LogP contribution in [0.1, 0.15) is 27.9 Å². The van der Waals surface area contributed by atoms with Crippen LogP contribution >= 0.6 is 0 Å². The van der Waals surface area contributed by atoms with Crippen LogP contribution in [0.3, 0.4) is 0 Å². The first-order valence-electron chi connectivity index (χ1n) is 8.66. The van der Waals surface area contributed by atoms with Gasteiger partial charge in [0.05, 0.1) is 11.4 Å². The summed E-state index contributed by atoms with van der Waals surface area (Å²) in [5, 5.41) is 2.84. The SMILES string of the molecule is Nc1ccc(CCC(=O)Nc2ccc(C(=O)c3ccccc3)cc2)cc1N. The molecule has 0 bridgehead atoms. The van der Waals surface area contributed by atoms with Gasteiger partial charge in [0, 0.05) is 23.2 Å². The molecule has 3 aromatic rings. The molecule has 5 heteroatoms. The zero-order valence-corrected chi connectivity index (χ0v) is 14.8. The fraction of sp³-hybridized carbons (Fsp3) is 0.0909. The second-order valence-electron chi connectivity index (χ2n) is 6.28. The number of nitrogens with one attached hydrogen (secondary N) is 1. The van der Waals surface area contributed by atoms with E-state index in [2.05, 4.69) is 5.32 Å². The molecule has 1 amide bonds. The van der Waals surface area contributed by atoms with E-state index < -0.39 is 0 Å². The summed E-state index contributed by atoms with van der Waals surface area (Å²) in [6.07, 6.45) is 0.898. The zero-order valence-electron chi connectivity index (χ0n) is 14.8. The quantitative estimate of drug-likeness (QED) is 0.462. The van der Waals surface area contributed by atoms with Gasteiger partial charge in [0.2, 0.25) is 5.91 Å². The molecule has 0 fully saturated rings. The predicted molar refractivity (Wildman–Crippen MR) is 109 cm³/mol. The van der Waals surface area contributed by atoms with E-state index in [4.69, 9.17) is 11.5 Å². The topological polar surface area (TPSA) is 98.2 Å². The van der Waals surface area contributed by atoms with Crippen molar-refractivity contribution in [3.05, 3.63) is 89.5 Å². The maximum absolute atomic E-state index is 12.4. The van der Waals surface area contributed by atoms with Crippen molar-refractivity contribution in [2.45, 2.75) is 12.8 Å². The summed E-state index contributed by atoms with van der Waals surface area (Å²) < 4.78 is 0. The minimum Gasteiger partial charge on any atom is -0.397 e. The summed E-state index contributed by atoms with van der Waals surface area (Å²) in [5.74, 6) is -0.151. The fourth-order valence-corrected chi connectivity index (χ4v) is 2.72. The highest BCUT2D eigenvalue weighted by molar-refractivity contribution is 6.09. The molecule has 0 unspecified atom stereocenters. The molecule has 0 aromatic heterocycles. The highest BCUT2D eigenvalue weighted by atomic mass is 16.1. The summed E-state index contributed by atoms with van der Waals surface area (Å²) in [5.41, 5.74) is 15.4. The van der Waals surface area contributed by atoms with Crippen LogP contribution in [0.4, 0.5) is 17.1 Å². The van der Waals surface area contributed by atoms with Crippen molar-refractivity contribution in [1.82, 2.24) is 0 Å². The first-order valence-corrected chi connectivity index (χ1v) is 8.66. The van der Waals surface area contributed by atoms with Crippen molar-refractivity contribution in [2.24, 2.45) is 0 Å². The maximum Gasteiger partial charge on any atom is 0.224 e. The molecule has 136 valence electrons. The third-order valence-corrected chi connectivity index (χ3v) is 4.26. The molecule has 0 atom stereocenters. The Morgan fingerprint density at radius 2 is 1.44 bits per heavy atom. The molecule has 27 heavy (non-hydrogen) atoms. The largest absolute Gasteiger partial charge is 0.397 e. The molecule has 0 aliphatic rings. The van der Waals surface area contributed by atoms with E-state index in [0.717, 1.165) is 5.56 Å². The Bertz CT molecular complexity index is 951. The van der Waals surface area contributed by atoms with Gasteiger partial charge in [-0.05, 0) is 48.4 Å². The van der Waals surface area contributed by atoms with Gasteiger partial charge in [-0.3, -0.25) is 9.59 Å². The van der Waals surface area contributed by atoms with Gasteiger partial charge >= 0.3 is 0 Å². The van der Waals surface area contributed by atoms with Gasteiger partial charge < -0.3 is 16.8 Å². The summed E-state index contributed by atoms with van der Waals surface area (Å²) in [6, 6.07) is 21.4. The van der Waals surface area contributed by atoms with Crippen LogP contribution in [0.2, 0.25) is 0 Å². The van der Waals surface area contributed by atoms with Crippen LogP contribution in [0.15, 0.2) is 72.8 Å². The summed E-state index contributed by atoms with van der Waals surface area (Å²) in [6.45, 7) is 0. The van der Waals surface area contributed by atoms with Gasteiger partial charge in [0.1, 0.15) is 0 Å². The molecule has 3 aromatic carbocycles. The molecule has 0 aliphatic heterocycles. The average molecular weight is 359 g/mol. The third-order valence-electron chi connectivity index (χ3n) is 4.26. The smallest absolute Gasteiger partial charge is 0.224 e. The van der Waals surface area contributed by atoms with E-state index >= 15 is 0 Å². The molecule has 0 saturated carbocycles. The number of hydrogen-bond acceptors (Lipinski definition) is 4. The highest BCUT2D eigenvalue weighted by Gasteiger charge is 2.09. The Labute approximate surface area is 158 Å². The van der Waals surface area contributed by atoms with E-state index in [1.54, 1.807) is 48.5 Å². The summed E-state index contributed by atoms with van der Waals surface area (Å²) in [7, 11) is 0. The predicted octanol–water partition coefficient (Wildman–Crippen LogP) is 3.65. The van der Waals surface area contributed by atoms with Crippen LogP contribution in [-0.2, 0) is 11.2 Å². The van der Waals surface area contributed by atoms with E-state index in [1.807, 2.05) is 24.3 Å². The molecule has 0 saturated heterocycles. The number of nitrogen functional groups attached to an aromatic ring is 2. The molecule has 5 N–H and O–H groups in total. The van der Waals surface area contributed by atoms with Gasteiger partial charge in [-0.2, -0.15) is 0 Å². The lowest BCUT2D eigenvalue weighted by Crippen LogP contribution is -2.12. The van der Waals surface area contributed by atoms with Gasteiger partial charge in [0.15, 0.2) is 5.78 Å². The van der Waals surface area contributed by atoms with E-state index in [-0.39, 0.29) is 11.7 Å². The van der Waals surface area contributed by atoms with Crippen LogP contribution in [0.5, 0.6) is 0 Å². The number of carbonyl (C=O) groups excluding carboxylic acids is 2. The van der Waals surface area contributed by atoms with Crippen molar-refractivity contribution < 1.29 is 9.59 Å². The van der Waals surface area contributed by atoms with Crippen molar-refractivity contribution >= 4 is 28.8 Å². The van der Waals surface area contributed by atoms with Crippen molar-refractivity contribution in [3.8, 4) is 0 Å². The molecule has 0 heterocycles. The average Bonchev–Trinajstić information content (AvgIpc) is 2.69. The number of benzene rings is 3. The van der Waals surface area contributed by atoms with Crippen molar-refractivity contribution in [3.63, 3.8) is 0 Å². The normalized spacial score (nSPS) is 10.4. The fourth-order valence-electron chi connectivity index (χ4n) is 2.72. The summed E-state index contributed by atoms with van der Waals surface area (Å²) >= 11 is 0. The number of ketones is 1. The Morgan fingerprint density at radius 3 is 2.11 bits per heavy atom. The number of amides is 1. The number of carbonyl (C=O) groups is 2. The standard InChI is InChI=1S/C22H21N3O2/c23-19-12-6-15(14-20(19)24)7-13-21(26)25-18-10-8-17(9-11-18)22(27)16-4-2-1-3-5-16/h1-6,8-12,14H,7,13,23-24H2,(H,25,26). The molecule has 0 aliphatic carbocycles. The first kappa shape index (κ1) is 18.2. The van der Waals surface area contributed by atoms with Crippen LogP contribution < -0.4 is 16.8 Å². The van der Waals surface area contributed by atoms with Gasteiger partial charge in [-0.15, -0.1) is 0 Å². The monoisotopic (exact) mass is 359 g/mol. The van der Waals surface area contributed by atoms with Crippen LogP contribution in [-0.4, -0.2) is 11.7 Å². The Morgan fingerprint density at radius 1 is 0.778 bits per heavy atom. The molecular formula is C22H21N3O2. The number of aryl methyl sites for hydroxylation is 1. The van der Waals surface area contributed by atoms with E-state index in [1.165, 1.54) is 0 Å². The van der Waals surface area contributed by atoms with E-state index in [0.29, 0.717) is 41.0 Å². The van der Waals surface area contributed by atoms with Crippen molar-refractivity contribution in [1.29, 1.82) is 0 Å². The Balaban J connectivity index is 1.57. The maximum atomic E-state index is 12.4. The molecule has 5 nitrogen and oxygen atoms in total. The van der Waals surface area contributed by atoms with Gasteiger partial charge in [0.25, 0.3) is 0 Å². The minimum atomic E-state index is -0.104. The van der Waals surface area contributed by atoms with Crippen molar-refractivity contribution in [2.75, 3.05) is 16.8 Å². The molecule has 0 radical (unpaired) electrons. The van der Waals surface area contributed by atoms with E-state index in [9.17, 15) is 9.59 Å².